The average Bonchev–Trinajstić information content (AvgIpc) is 2.47. The largest absolute Gasteiger partial charge is 0.464 e. The van der Waals surface area contributed by atoms with Crippen molar-refractivity contribution in [1.82, 2.24) is 19.9 Å². The summed E-state index contributed by atoms with van der Waals surface area (Å²) in [5.41, 5.74) is 1.62. The van der Waals surface area contributed by atoms with Crippen LogP contribution >= 0.6 is 0 Å². The third-order valence-corrected chi connectivity index (χ3v) is 2.56. The first kappa shape index (κ1) is 14.2. The van der Waals surface area contributed by atoms with Gasteiger partial charge in [0.05, 0.1) is 12.3 Å². The van der Waals surface area contributed by atoms with Crippen molar-refractivity contribution in [3.8, 4) is 17.3 Å². The maximum absolute atomic E-state index is 5.22. The van der Waals surface area contributed by atoms with Crippen molar-refractivity contribution in [2.24, 2.45) is 5.92 Å². The summed E-state index contributed by atoms with van der Waals surface area (Å²) in [6.07, 6.45) is 4.94. The molecule has 0 aliphatic heterocycles. The Labute approximate surface area is 118 Å². The zero-order chi connectivity index (χ0) is 14.4. The van der Waals surface area contributed by atoms with Gasteiger partial charge in [0.15, 0.2) is 0 Å². The van der Waals surface area contributed by atoms with Crippen molar-refractivity contribution < 1.29 is 4.74 Å². The summed E-state index contributed by atoms with van der Waals surface area (Å²) in [6, 6.07) is 2.27. The third kappa shape index (κ3) is 3.88. The van der Waals surface area contributed by atoms with E-state index < -0.39 is 0 Å². The first-order valence-electron chi connectivity index (χ1n) is 6.70. The Morgan fingerprint density at radius 2 is 1.90 bits per heavy atom. The van der Waals surface area contributed by atoms with Gasteiger partial charge in [-0.1, -0.05) is 13.8 Å². The highest BCUT2D eigenvalue weighted by atomic mass is 16.5. The fourth-order valence-corrected chi connectivity index (χ4v) is 1.57. The Balaban J connectivity index is 2.13. The molecule has 0 saturated carbocycles. The highest BCUT2D eigenvalue weighted by Crippen LogP contribution is 2.18. The lowest BCUT2D eigenvalue weighted by molar-refractivity contribution is 0.312. The Morgan fingerprint density at radius 1 is 1.15 bits per heavy atom. The number of rotatable bonds is 6. The summed E-state index contributed by atoms with van der Waals surface area (Å²) >= 11 is 0. The van der Waals surface area contributed by atoms with Gasteiger partial charge in [0.25, 0.3) is 0 Å². The van der Waals surface area contributed by atoms with Gasteiger partial charge in [0.1, 0.15) is 12.1 Å². The number of ether oxygens (including phenoxy) is 1. The predicted molar refractivity (Wildman–Crippen MR) is 77.6 cm³/mol. The van der Waals surface area contributed by atoms with E-state index in [1.165, 1.54) is 6.33 Å². The van der Waals surface area contributed by atoms with Gasteiger partial charge < -0.3 is 10.1 Å². The average molecular weight is 273 g/mol. The smallest absolute Gasteiger partial charge is 0.316 e. The molecule has 0 aliphatic carbocycles. The molecule has 0 amide bonds. The van der Waals surface area contributed by atoms with Crippen molar-refractivity contribution in [1.29, 1.82) is 0 Å². The number of aromatic nitrogens is 4. The number of hydrogen-bond donors (Lipinski definition) is 1. The molecular formula is C14H19N5O. The van der Waals surface area contributed by atoms with E-state index in [1.807, 2.05) is 13.0 Å². The van der Waals surface area contributed by atoms with Crippen LogP contribution in [0.3, 0.4) is 0 Å². The molecule has 2 aromatic heterocycles. The van der Waals surface area contributed by atoms with Gasteiger partial charge in [0.2, 0.25) is 0 Å². The lowest BCUT2D eigenvalue weighted by Gasteiger charge is -2.09. The van der Waals surface area contributed by atoms with E-state index >= 15 is 0 Å². The van der Waals surface area contributed by atoms with E-state index in [0.717, 1.165) is 23.6 Å². The summed E-state index contributed by atoms with van der Waals surface area (Å²) in [7, 11) is 0. The second kappa shape index (κ2) is 6.79. The van der Waals surface area contributed by atoms with Crippen molar-refractivity contribution in [2.45, 2.75) is 20.8 Å². The topological polar surface area (TPSA) is 72.8 Å². The first-order valence-corrected chi connectivity index (χ1v) is 6.70. The van der Waals surface area contributed by atoms with E-state index in [1.54, 1.807) is 12.4 Å². The van der Waals surface area contributed by atoms with Crippen LogP contribution in [-0.2, 0) is 0 Å². The van der Waals surface area contributed by atoms with Crippen molar-refractivity contribution in [2.75, 3.05) is 18.5 Å². The first-order chi connectivity index (χ1) is 9.69. The second-order valence-corrected chi connectivity index (χ2v) is 4.75. The fraction of sp³-hybridized carbons (Fsp3) is 0.429. The van der Waals surface area contributed by atoms with E-state index in [0.29, 0.717) is 18.5 Å². The molecule has 6 nitrogen and oxygen atoms in total. The molecule has 20 heavy (non-hydrogen) atoms. The molecule has 0 aromatic carbocycles. The Kier molecular flexibility index (Phi) is 4.81. The molecular weight excluding hydrogens is 254 g/mol. The van der Waals surface area contributed by atoms with Gasteiger partial charge >= 0.3 is 6.01 Å². The van der Waals surface area contributed by atoms with E-state index in [9.17, 15) is 0 Å². The van der Waals surface area contributed by atoms with Crippen LogP contribution in [0.4, 0.5) is 5.82 Å². The van der Waals surface area contributed by atoms with Crippen molar-refractivity contribution in [3.05, 3.63) is 24.8 Å². The molecule has 0 saturated heterocycles. The molecule has 0 aliphatic rings. The van der Waals surface area contributed by atoms with Gasteiger partial charge in [-0.3, -0.25) is 0 Å². The fourth-order valence-electron chi connectivity index (χ4n) is 1.57. The summed E-state index contributed by atoms with van der Waals surface area (Å²) in [5.74, 6) is 1.36. The molecule has 2 heterocycles. The Morgan fingerprint density at radius 3 is 2.55 bits per heavy atom. The third-order valence-electron chi connectivity index (χ3n) is 2.56. The summed E-state index contributed by atoms with van der Waals surface area (Å²) < 4.78 is 5.22. The molecule has 0 spiro atoms. The van der Waals surface area contributed by atoms with E-state index in [-0.39, 0.29) is 0 Å². The lowest BCUT2D eigenvalue weighted by Crippen LogP contribution is -2.09. The minimum Gasteiger partial charge on any atom is -0.464 e. The molecule has 0 radical (unpaired) electrons. The minimum absolute atomic E-state index is 0.378. The quantitative estimate of drug-likeness (QED) is 0.871. The monoisotopic (exact) mass is 273 g/mol. The Bertz CT molecular complexity index is 542. The van der Waals surface area contributed by atoms with Crippen molar-refractivity contribution >= 4 is 5.82 Å². The summed E-state index contributed by atoms with van der Waals surface area (Å²) in [5, 5.41) is 3.27. The second-order valence-electron chi connectivity index (χ2n) is 4.75. The molecule has 1 N–H and O–H groups in total. The number of anilines is 1. The van der Waals surface area contributed by atoms with Gasteiger partial charge in [-0.15, -0.1) is 0 Å². The highest BCUT2D eigenvalue weighted by molar-refractivity contribution is 5.60. The molecule has 6 heteroatoms. The minimum atomic E-state index is 0.378. The summed E-state index contributed by atoms with van der Waals surface area (Å²) in [4.78, 5) is 16.7. The Hall–Kier alpha value is -2.24. The zero-order valence-electron chi connectivity index (χ0n) is 12.0. The van der Waals surface area contributed by atoms with Gasteiger partial charge in [-0.25, -0.2) is 19.9 Å². The normalized spacial score (nSPS) is 10.6. The molecule has 0 unspecified atom stereocenters. The number of nitrogens with one attached hydrogen (secondary N) is 1. The molecule has 106 valence electrons. The molecule has 0 fully saturated rings. The van der Waals surface area contributed by atoms with Gasteiger partial charge in [-0.2, -0.15) is 0 Å². The predicted octanol–water partition coefficient (Wildman–Crippen LogP) is 2.40. The number of hydrogen-bond acceptors (Lipinski definition) is 6. The van der Waals surface area contributed by atoms with E-state index in [4.69, 9.17) is 4.74 Å². The van der Waals surface area contributed by atoms with Crippen LogP contribution in [0.25, 0.3) is 11.3 Å². The SMILES string of the molecule is CCOc1ncc(-c2cc(NCC(C)C)ncn2)cn1. The molecule has 2 rings (SSSR count). The maximum atomic E-state index is 5.22. The van der Waals surface area contributed by atoms with Crippen molar-refractivity contribution in [3.63, 3.8) is 0 Å². The number of nitrogens with zero attached hydrogens (tertiary/aromatic N) is 4. The summed E-state index contributed by atoms with van der Waals surface area (Å²) in [6.45, 7) is 7.62. The maximum Gasteiger partial charge on any atom is 0.316 e. The van der Waals surface area contributed by atoms with Crippen LogP contribution < -0.4 is 10.1 Å². The van der Waals surface area contributed by atoms with Crippen LogP contribution in [0.1, 0.15) is 20.8 Å². The standard InChI is InChI=1S/C14H19N5O/c1-4-20-14-16-7-11(8-17-14)12-5-13(19-9-18-12)15-6-10(2)3/h5,7-10H,4,6H2,1-3H3,(H,15,18,19). The molecule has 0 bridgehead atoms. The van der Waals surface area contributed by atoms with E-state index in [2.05, 4.69) is 39.1 Å². The van der Waals surface area contributed by atoms with Crippen LogP contribution in [-0.4, -0.2) is 33.1 Å². The van der Waals surface area contributed by atoms with Crippen LogP contribution in [0.2, 0.25) is 0 Å². The van der Waals surface area contributed by atoms with Crippen LogP contribution in [0.15, 0.2) is 24.8 Å². The van der Waals surface area contributed by atoms with Crippen LogP contribution in [0.5, 0.6) is 6.01 Å². The van der Waals surface area contributed by atoms with Gasteiger partial charge in [0, 0.05) is 30.6 Å². The molecule has 2 aromatic rings. The highest BCUT2D eigenvalue weighted by Gasteiger charge is 2.04. The van der Waals surface area contributed by atoms with Crippen LogP contribution in [0, 0.1) is 5.92 Å². The van der Waals surface area contributed by atoms with Gasteiger partial charge in [-0.05, 0) is 12.8 Å². The molecule has 0 atom stereocenters. The lowest BCUT2D eigenvalue weighted by atomic mass is 10.2. The zero-order valence-corrected chi connectivity index (χ0v) is 12.0.